The van der Waals surface area contributed by atoms with E-state index in [1.807, 2.05) is 32.0 Å². The number of halogens is 1. The zero-order valence-corrected chi connectivity index (χ0v) is 20.5. The van der Waals surface area contributed by atoms with Crippen molar-refractivity contribution in [1.82, 2.24) is 0 Å². The van der Waals surface area contributed by atoms with E-state index < -0.39 is 21.3 Å². The molecule has 7 nitrogen and oxygen atoms in total. The first-order chi connectivity index (χ1) is 16.5. The Bertz CT molecular complexity index is 1510. The predicted octanol–water partition coefficient (Wildman–Crippen LogP) is 5.53. The molecule has 0 aliphatic rings. The van der Waals surface area contributed by atoms with Crippen LogP contribution in [0.15, 0.2) is 71.1 Å². The van der Waals surface area contributed by atoms with E-state index in [0.29, 0.717) is 22.3 Å². The average Bonchev–Trinajstić information content (AvgIpc) is 3.22. The summed E-state index contributed by atoms with van der Waals surface area (Å²) in [7, 11) is -2.07. The second kappa shape index (κ2) is 9.07. The Kier molecular flexibility index (Phi) is 6.29. The maximum atomic E-state index is 13.4. The summed E-state index contributed by atoms with van der Waals surface area (Å²) in [4.78, 5) is 13.0. The van der Waals surface area contributed by atoms with Gasteiger partial charge in [-0.2, -0.15) is 0 Å². The third-order valence-electron chi connectivity index (χ3n) is 5.74. The number of rotatable bonds is 7. The molecule has 35 heavy (non-hydrogen) atoms. The number of fused-ring (bicyclic) bond motifs is 1. The zero-order valence-electron chi connectivity index (χ0n) is 19.7. The first-order valence-electron chi connectivity index (χ1n) is 10.7. The fourth-order valence-corrected chi connectivity index (χ4v) is 4.42. The van der Waals surface area contributed by atoms with Crippen molar-refractivity contribution in [2.45, 2.75) is 19.3 Å². The van der Waals surface area contributed by atoms with E-state index in [-0.39, 0.29) is 17.3 Å². The number of hydrogen-bond donors (Lipinski definition) is 2. The van der Waals surface area contributed by atoms with Crippen LogP contribution in [0.3, 0.4) is 0 Å². The summed E-state index contributed by atoms with van der Waals surface area (Å²) >= 11 is 0. The Morgan fingerprint density at radius 1 is 0.971 bits per heavy atom. The third kappa shape index (κ3) is 5.30. The number of sulfonamides is 1. The van der Waals surface area contributed by atoms with E-state index in [9.17, 15) is 17.6 Å². The van der Waals surface area contributed by atoms with Crippen LogP contribution in [0.25, 0.3) is 11.0 Å². The molecule has 9 heteroatoms. The van der Waals surface area contributed by atoms with E-state index in [1.54, 1.807) is 24.3 Å². The maximum absolute atomic E-state index is 13.4. The molecule has 0 aliphatic heterocycles. The van der Waals surface area contributed by atoms with E-state index in [4.69, 9.17) is 9.15 Å². The van der Waals surface area contributed by atoms with Gasteiger partial charge in [0.2, 0.25) is 10.0 Å². The Balaban J connectivity index is 1.61. The molecule has 0 radical (unpaired) electrons. The summed E-state index contributed by atoms with van der Waals surface area (Å²) in [6.07, 6.45) is 1.05. The number of anilines is 2. The Hall–Kier alpha value is -3.85. The summed E-state index contributed by atoms with van der Waals surface area (Å²) in [5.41, 5.74) is 2.62. The minimum Gasteiger partial charge on any atom is -0.493 e. The van der Waals surface area contributed by atoms with Gasteiger partial charge in [0.05, 0.1) is 19.1 Å². The molecular weight excluding hydrogens is 471 g/mol. The van der Waals surface area contributed by atoms with Gasteiger partial charge in [0.25, 0.3) is 5.91 Å². The van der Waals surface area contributed by atoms with E-state index in [2.05, 4.69) is 10.0 Å². The van der Waals surface area contributed by atoms with Crippen LogP contribution < -0.4 is 14.8 Å². The van der Waals surface area contributed by atoms with Gasteiger partial charge in [-0.05, 0) is 47.5 Å². The van der Waals surface area contributed by atoms with Crippen molar-refractivity contribution in [2.75, 3.05) is 23.4 Å². The van der Waals surface area contributed by atoms with Gasteiger partial charge in [0.1, 0.15) is 5.82 Å². The van der Waals surface area contributed by atoms with Crippen LogP contribution in [0.1, 0.15) is 35.5 Å². The van der Waals surface area contributed by atoms with E-state index in [1.165, 1.54) is 31.4 Å². The lowest BCUT2D eigenvalue weighted by Crippen LogP contribution is -2.19. The molecule has 4 rings (SSSR count). The lowest BCUT2D eigenvalue weighted by Gasteiger charge is -2.26. The molecule has 0 saturated heterocycles. The lowest BCUT2D eigenvalue weighted by molar-refractivity contribution is 0.0998. The van der Waals surface area contributed by atoms with Crippen molar-refractivity contribution in [3.63, 3.8) is 0 Å². The van der Waals surface area contributed by atoms with Crippen LogP contribution in [0, 0.1) is 5.82 Å². The van der Waals surface area contributed by atoms with Gasteiger partial charge in [-0.15, -0.1) is 0 Å². The van der Waals surface area contributed by atoms with Gasteiger partial charge in [-0.25, -0.2) is 12.8 Å². The Morgan fingerprint density at radius 2 is 1.69 bits per heavy atom. The molecule has 0 unspecified atom stereocenters. The van der Waals surface area contributed by atoms with Crippen LogP contribution in [-0.4, -0.2) is 27.7 Å². The number of methoxy groups -OCH3 is 1. The summed E-state index contributed by atoms with van der Waals surface area (Å²) in [5.74, 6) is -0.446. The highest BCUT2D eigenvalue weighted by Gasteiger charge is 2.24. The number of benzene rings is 3. The monoisotopic (exact) mass is 496 g/mol. The molecule has 1 amide bonds. The number of amides is 1. The molecule has 4 aromatic rings. The normalized spacial score (nSPS) is 11.9. The number of nitrogens with one attached hydrogen (secondary N) is 2. The van der Waals surface area contributed by atoms with E-state index in [0.717, 1.165) is 17.4 Å². The minimum atomic E-state index is -3.49. The van der Waals surface area contributed by atoms with Crippen molar-refractivity contribution in [2.24, 2.45) is 0 Å². The van der Waals surface area contributed by atoms with E-state index >= 15 is 0 Å². The second-order valence-electron chi connectivity index (χ2n) is 8.75. The first kappa shape index (κ1) is 24.3. The molecule has 0 saturated carbocycles. The van der Waals surface area contributed by atoms with Gasteiger partial charge in [-0.3, -0.25) is 9.52 Å². The number of carbonyl (C=O) groups is 1. The van der Waals surface area contributed by atoms with Gasteiger partial charge in [0, 0.05) is 22.6 Å². The smallest absolute Gasteiger partial charge is 0.291 e. The van der Waals surface area contributed by atoms with Gasteiger partial charge in [0.15, 0.2) is 17.1 Å². The molecule has 0 fully saturated rings. The number of ether oxygens (including phenoxy) is 1. The quantitative estimate of drug-likeness (QED) is 0.351. The van der Waals surface area contributed by atoms with Crippen LogP contribution in [0.2, 0.25) is 0 Å². The topological polar surface area (TPSA) is 97.6 Å². The highest BCUT2D eigenvalue weighted by atomic mass is 32.2. The highest BCUT2D eigenvalue weighted by Crippen LogP contribution is 2.35. The molecular formula is C26H25FN2O5S. The molecule has 3 aromatic carbocycles. The number of carbonyl (C=O) groups excluding carboxylic acids is 1. The largest absolute Gasteiger partial charge is 0.493 e. The van der Waals surface area contributed by atoms with Crippen molar-refractivity contribution < 1.29 is 26.8 Å². The Morgan fingerprint density at radius 3 is 2.34 bits per heavy atom. The SMILES string of the molecule is COc1cc(NS(C)(=O)=O)cc2cc(C(=O)Nc3cccc(C(C)(C)c4ccc(F)cc4)c3)oc12. The van der Waals surface area contributed by atoms with Crippen molar-refractivity contribution >= 4 is 38.3 Å². The fraction of sp³-hybridized carbons (Fsp3) is 0.192. The summed E-state index contributed by atoms with van der Waals surface area (Å²) < 4.78 is 50.0. The van der Waals surface area contributed by atoms with Gasteiger partial charge < -0.3 is 14.5 Å². The van der Waals surface area contributed by atoms with Crippen LogP contribution >= 0.6 is 0 Å². The standard InChI is InChI=1S/C26H25FN2O5S/c1-26(2,17-8-10-19(27)11-9-17)18-6-5-7-20(14-18)28-25(30)23-13-16-12-21(29-35(4,31)32)15-22(33-3)24(16)34-23/h5-15,29H,1-4H3,(H,28,30). The molecule has 2 N–H and O–H groups in total. The number of hydrogen-bond acceptors (Lipinski definition) is 5. The lowest BCUT2D eigenvalue weighted by atomic mass is 9.78. The van der Waals surface area contributed by atoms with Crippen molar-refractivity contribution in [3.05, 3.63) is 89.4 Å². The molecule has 0 aliphatic carbocycles. The zero-order chi connectivity index (χ0) is 25.4. The van der Waals surface area contributed by atoms with Gasteiger partial charge in [-0.1, -0.05) is 38.1 Å². The molecule has 0 bridgehead atoms. The van der Waals surface area contributed by atoms with Crippen LogP contribution in [-0.2, 0) is 15.4 Å². The van der Waals surface area contributed by atoms with Gasteiger partial charge >= 0.3 is 0 Å². The average molecular weight is 497 g/mol. The second-order valence-corrected chi connectivity index (χ2v) is 10.5. The first-order valence-corrected chi connectivity index (χ1v) is 12.6. The molecule has 182 valence electrons. The summed E-state index contributed by atoms with van der Waals surface area (Å²) in [5, 5.41) is 3.34. The summed E-state index contributed by atoms with van der Waals surface area (Å²) in [6.45, 7) is 4.05. The van der Waals surface area contributed by atoms with Crippen LogP contribution in [0.5, 0.6) is 5.75 Å². The fourth-order valence-electron chi connectivity index (χ4n) is 3.87. The molecule has 0 spiro atoms. The highest BCUT2D eigenvalue weighted by molar-refractivity contribution is 7.92. The predicted molar refractivity (Wildman–Crippen MR) is 134 cm³/mol. The molecule has 1 heterocycles. The van der Waals surface area contributed by atoms with Crippen molar-refractivity contribution in [3.8, 4) is 5.75 Å². The third-order valence-corrected chi connectivity index (χ3v) is 6.34. The molecule has 0 atom stereocenters. The molecule has 1 aromatic heterocycles. The Labute approximate surface area is 203 Å². The summed E-state index contributed by atoms with van der Waals surface area (Å²) in [6, 6.07) is 18.3. The minimum absolute atomic E-state index is 0.0398. The number of furan rings is 1. The van der Waals surface area contributed by atoms with Crippen LogP contribution in [0.4, 0.5) is 15.8 Å². The maximum Gasteiger partial charge on any atom is 0.291 e. The van der Waals surface area contributed by atoms with Crippen molar-refractivity contribution in [1.29, 1.82) is 0 Å².